The Morgan fingerprint density at radius 1 is 1.47 bits per heavy atom. The molecule has 0 spiro atoms. The summed E-state index contributed by atoms with van der Waals surface area (Å²) in [6, 6.07) is 0.407. The van der Waals surface area contributed by atoms with Crippen LogP contribution in [0.1, 0.15) is 44.5 Å². The van der Waals surface area contributed by atoms with Crippen LogP contribution in [0.15, 0.2) is 6.20 Å². The minimum Gasteiger partial charge on any atom is -0.316 e. The maximum Gasteiger partial charge on any atom is 0.129 e. The van der Waals surface area contributed by atoms with Crippen LogP contribution in [-0.2, 0) is 0 Å². The van der Waals surface area contributed by atoms with Gasteiger partial charge in [-0.15, -0.1) is 0 Å². The van der Waals surface area contributed by atoms with E-state index in [9.17, 15) is 0 Å². The van der Waals surface area contributed by atoms with Gasteiger partial charge in [0.1, 0.15) is 11.0 Å². The fraction of sp³-hybridized carbons (Fsp3) is 0.727. The lowest BCUT2D eigenvalue weighted by Crippen LogP contribution is -2.15. The van der Waals surface area contributed by atoms with Gasteiger partial charge in [0.05, 0.1) is 6.20 Å². The number of imidazole rings is 1. The predicted octanol–water partition coefficient (Wildman–Crippen LogP) is 3.73. The number of hydrogen-bond donors (Lipinski definition) is 0. The smallest absolute Gasteiger partial charge is 0.129 e. The molecule has 0 N–H and O–H groups in total. The van der Waals surface area contributed by atoms with Gasteiger partial charge in [-0.2, -0.15) is 11.8 Å². The fourth-order valence-corrected chi connectivity index (χ4v) is 3.56. The molecule has 0 atom stereocenters. The third kappa shape index (κ3) is 2.34. The Bertz CT molecular complexity index is 329. The maximum absolute atomic E-state index is 6.15. The number of halogens is 1. The van der Waals surface area contributed by atoms with Crippen molar-refractivity contribution >= 4 is 23.4 Å². The van der Waals surface area contributed by atoms with E-state index < -0.39 is 0 Å². The van der Waals surface area contributed by atoms with E-state index in [1.807, 2.05) is 11.8 Å². The molecule has 0 saturated carbocycles. The molecule has 2 nitrogen and oxygen atoms in total. The first-order chi connectivity index (χ1) is 7.20. The highest BCUT2D eigenvalue weighted by Crippen LogP contribution is 2.33. The van der Waals surface area contributed by atoms with Gasteiger partial charge in [-0.3, -0.25) is 0 Å². The highest BCUT2D eigenvalue weighted by Gasteiger charge is 2.22. The maximum atomic E-state index is 6.15. The Kier molecular flexibility index (Phi) is 3.62. The van der Waals surface area contributed by atoms with Crippen LogP contribution in [0.4, 0.5) is 0 Å². The monoisotopic (exact) mass is 244 g/mol. The van der Waals surface area contributed by atoms with Crippen molar-refractivity contribution in [2.45, 2.75) is 38.6 Å². The average molecular weight is 245 g/mol. The topological polar surface area (TPSA) is 17.8 Å². The summed E-state index contributed by atoms with van der Waals surface area (Å²) in [7, 11) is 0. The quantitative estimate of drug-likeness (QED) is 0.789. The summed E-state index contributed by atoms with van der Waals surface area (Å²) in [6.45, 7) is 4.32. The van der Waals surface area contributed by atoms with Gasteiger partial charge in [-0.1, -0.05) is 11.6 Å². The first kappa shape index (κ1) is 11.3. The number of rotatable bonds is 2. The highest BCUT2D eigenvalue weighted by atomic mass is 35.5. The molecule has 15 heavy (non-hydrogen) atoms. The molecule has 0 radical (unpaired) electrons. The summed E-state index contributed by atoms with van der Waals surface area (Å²) in [5, 5.41) is 0.776. The normalized spacial score (nSPS) is 18.7. The Hall–Kier alpha value is -0.150. The zero-order valence-electron chi connectivity index (χ0n) is 9.24. The second-order valence-electron chi connectivity index (χ2n) is 4.29. The first-order valence-electron chi connectivity index (χ1n) is 5.50. The molecule has 84 valence electrons. The molecule has 0 unspecified atom stereocenters. The predicted molar refractivity (Wildman–Crippen MR) is 66.9 cm³/mol. The molecule has 1 saturated heterocycles. The second kappa shape index (κ2) is 4.79. The van der Waals surface area contributed by atoms with Gasteiger partial charge < -0.3 is 4.57 Å². The van der Waals surface area contributed by atoms with Gasteiger partial charge in [0.25, 0.3) is 0 Å². The molecule has 1 aliphatic rings. The molecule has 1 aromatic rings. The van der Waals surface area contributed by atoms with E-state index in [1.54, 1.807) is 6.20 Å². The van der Waals surface area contributed by atoms with Crippen molar-refractivity contribution in [1.82, 2.24) is 9.55 Å². The van der Waals surface area contributed by atoms with Crippen molar-refractivity contribution in [3.63, 3.8) is 0 Å². The SMILES string of the molecule is CC(C)n1c(Cl)cnc1C1CCSCC1. The molecule has 1 aromatic heterocycles. The Labute approximate surface area is 100 Å². The molecule has 2 heterocycles. The van der Waals surface area contributed by atoms with Gasteiger partial charge in [0, 0.05) is 12.0 Å². The van der Waals surface area contributed by atoms with Gasteiger partial charge in [-0.25, -0.2) is 4.98 Å². The van der Waals surface area contributed by atoms with Crippen LogP contribution >= 0.6 is 23.4 Å². The van der Waals surface area contributed by atoms with Crippen LogP contribution in [0.25, 0.3) is 0 Å². The van der Waals surface area contributed by atoms with Gasteiger partial charge in [0.15, 0.2) is 0 Å². The van der Waals surface area contributed by atoms with Gasteiger partial charge in [0.2, 0.25) is 0 Å². The van der Waals surface area contributed by atoms with Crippen molar-refractivity contribution < 1.29 is 0 Å². The first-order valence-corrected chi connectivity index (χ1v) is 7.03. The number of hydrogen-bond acceptors (Lipinski definition) is 2. The van der Waals surface area contributed by atoms with Gasteiger partial charge in [-0.05, 0) is 38.2 Å². The number of thioether (sulfide) groups is 1. The lowest BCUT2D eigenvalue weighted by Gasteiger charge is -2.23. The van der Waals surface area contributed by atoms with E-state index in [-0.39, 0.29) is 0 Å². The Morgan fingerprint density at radius 3 is 2.73 bits per heavy atom. The molecule has 0 aliphatic carbocycles. The Morgan fingerprint density at radius 2 is 2.13 bits per heavy atom. The molecule has 1 fully saturated rings. The standard InChI is InChI=1S/C11H17ClN2S/c1-8(2)14-10(12)7-13-11(14)9-3-5-15-6-4-9/h7-9H,3-6H2,1-2H3. The fourth-order valence-electron chi connectivity index (χ4n) is 2.12. The van der Waals surface area contributed by atoms with Crippen LogP contribution in [0.5, 0.6) is 0 Å². The lowest BCUT2D eigenvalue weighted by molar-refractivity contribution is 0.507. The van der Waals surface area contributed by atoms with Crippen LogP contribution in [-0.4, -0.2) is 21.1 Å². The average Bonchev–Trinajstić information content (AvgIpc) is 2.61. The summed E-state index contributed by atoms with van der Waals surface area (Å²) >= 11 is 8.20. The van der Waals surface area contributed by atoms with Crippen molar-refractivity contribution in [3.05, 3.63) is 17.2 Å². The van der Waals surface area contributed by atoms with Crippen LogP contribution in [0, 0.1) is 0 Å². The summed E-state index contributed by atoms with van der Waals surface area (Å²) in [6.07, 6.45) is 4.27. The van der Waals surface area contributed by atoms with E-state index in [0.717, 1.165) is 5.15 Å². The second-order valence-corrected chi connectivity index (χ2v) is 5.90. The largest absolute Gasteiger partial charge is 0.316 e. The zero-order chi connectivity index (χ0) is 10.8. The van der Waals surface area contributed by atoms with Crippen LogP contribution < -0.4 is 0 Å². The highest BCUT2D eigenvalue weighted by molar-refractivity contribution is 7.99. The van der Waals surface area contributed by atoms with E-state index in [2.05, 4.69) is 23.4 Å². The van der Waals surface area contributed by atoms with E-state index in [4.69, 9.17) is 11.6 Å². The molecule has 1 aliphatic heterocycles. The zero-order valence-corrected chi connectivity index (χ0v) is 10.8. The molecule has 2 rings (SSSR count). The van der Waals surface area contributed by atoms with Gasteiger partial charge >= 0.3 is 0 Å². The van der Waals surface area contributed by atoms with Crippen molar-refractivity contribution in [2.75, 3.05) is 11.5 Å². The molecule has 4 heteroatoms. The summed E-state index contributed by atoms with van der Waals surface area (Å²) < 4.78 is 2.17. The van der Waals surface area contributed by atoms with E-state index in [1.165, 1.54) is 30.2 Å². The number of aromatic nitrogens is 2. The molecule has 0 amide bonds. The molecule has 0 aromatic carbocycles. The third-order valence-electron chi connectivity index (χ3n) is 2.88. The molecule has 0 bridgehead atoms. The minimum absolute atomic E-state index is 0.407. The Balaban J connectivity index is 2.26. The van der Waals surface area contributed by atoms with Crippen LogP contribution in [0.3, 0.4) is 0 Å². The summed E-state index contributed by atoms with van der Waals surface area (Å²) in [5.41, 5.74) is 0. The lowest BCUT2D eigenvalue weighted by atomic mass is 10.0. The molecular formula is C11H17ClN2S. The van der Waals surface area contributed by atoms with E-state index >= 15 is 0 Å². The minimum atomic E-state index is 0.407. The van der Waals surface area contributed by atoms with Crippen molar-refractivity contribution in [1.29, 1.82) is 0 Å². The summed E-state index contributed by atoms with van der Waals surface area (Å²) in [4.78, 5) is 4.48. The van der Waals surface area contributed by atoms with Crippen molar-refractivity contribution in [2.24, 2.45) is 0 Å². The molecular weight excluding hydrogens is 228 g/mol. The summed E-state index contributed by atoms with van der Waals surface area (Å²) in [5.74, 6) is 4.32. The van der Waals surface area contributed by atoms with Crippen molar-refractivity contribution in [3.8, 4) is 0 Å². The number of nitrogens with zero attached hydrogens (tertiary/aromatic N) is 2. The third-order valence-corrected chi connectivity index (χ3v) is 4.21. The van der Waals surface area contributed by atoms with E-state index in [0.29, 0.717) is 12.0 Å². The van der Waals surface area contributed by atoms with Crippen LogP contribution in [0.2, 0.25) is 5.15 Å².